The molecule has 0 saturated heterocycles. The molecule has 17 heavy (non-hydrogen) atoms. The van der Waals surface area contributed by atoms with Gasteiger partial charge in [-0.3, -0.25) is 4.79 Å². The van der Waals surface area contributed by atoms with E-state index in [4.69, 9.17) is 9.84 Å². The van der Waals surface area contributed by atoms with E-state index in [1.165, 1.54) is 0 Å². The largest absolute Gasteiger partial charge is 0.481 e. The third-order valence-corrected chi connectivity index (χ3v) is 2.35. The first-order valence-electron chi connectivity index (χ1n) is 5.80. The molecule has 0 aliphatic heterocycles. The van der Waals surface area contributed by atoms with E-state index in [0.717, 1.165) is 0 Å². The molecule has 0 aliphatic carbocycles. The van der Waals surface area contributed by atoms with E-state index in [1.54, 1.807) is 6.92 Å². The second-order valence-corrected chi connectivity index (χ2v) is 3.92. The van der Waals surface area contributed by atoms with Gasteiger partial charge in [0.15, 0.2) is 6.10 Å². The summed E-state index contributed by atoms with van der Waals surface area (Å²) in [6.45, 7) is 3.55. The predicted molar refractivity (Wildman–Crippen MR) is 65.8 cm³/mol. The number of aliphatic hydroxyl groups is 1. The molecule has 1 aromatic carbocycles. The number of benzene rings is 1. The monoisotopic (exact) mass is 237 g/mol. The average molecular weight is 237 g/mol. The van der Waals surface area contributed by atoms with Crippen LogP contribution in [0.15, 0.2) is 30.3 Å². The van der Waals surface area contributed by atoms with Crippen molar-refractivity contribution < 1.29 is 14.6 Å². The summed E-state index contributed by atoms with van der Waals surface area (Å²) < 4.78 is 5.58. The Labute approximate surface area is 102 Å². The van der Waals surface area contributed by atoms with Gasteiger partial charge in [0.25, 0.3) is 5.91 Å². The van der Waals surface area contributed by atoms with Gasteiger partial charge in [-0.25, -0.2) is 0 Å². The molecule has 0 bridgehead atoms. The number of para-hydroxylation sites is 1. The standard InChI is InChI=1S/C13H19NO3/c1-3-12(13(16)14-10(2)9-15)17-11-7-5-4-6-8-11/h4-8,10,12,15H,3,9H2,1-2H3,(H,14,16)/t10-,12?/m1/s1. The van der Waals surface area contributed by atoms with Gasteiger partial charge in [0.05, 0.1) is 6.61 Å². The number of hydrogen-bond donors (Lipinski definition) is 2. The molecular weight excluding hydrogens is 218 g/mol. The summed E-state index contributed by atoms with van der Waals surface area (Å²) in [5.41, 5.74) is 0. The van der Waals surface area contributed by atoms with Gasteiger partial charge in [-0.15, -0.1) is 0 Å². The molecular formula is C13H19NO3. The molecule has 1 aromatic rings. The third-order valence-electron chi connectivity index (χ3n) is 2.35. The maximum atomic E-state index is 11.8. The smallest absolute Gasteiger partial charge is 0.261 e. The summed E-state index contributed by atoms with van der Waals surface area (Å²) in [7, 11) is 0. The minimum absolute atomic E-state index is 0.0759. The van der Waals surface area contributed by atoms with Gasteiger partial charge < -0.3 is 15.2 Å². The summed E-state index contributed by atoms with van der Waals surface area (Å²) in [4.78, 5) is 11.8. The number of amides is 1. The van der Waals surface area contributed by atoms with Crippen molar-refractivity contribution in [2.75, 3.05) is 6.61 Å². The summed E-state index contributed by atoms with van der Waals surface area (Å²) in [5.74, 6) is 0.476. The van der Waals surface area contributed by atoms with Crippen molar-refractivity contribution in [1.82, 2.24) is 5.32 Å². The molecule has 2 N–H and O–H groups in total. The molecule has 4 heteroatoms. The maximum Gasteiger partial charge on any atom is 0.261 e. The molecule has 0 aliphatic rings. The molecule has 1 amide bonds. The highest BCUT2D eigenvalue weighted by Gasteiger charge is 2.19. The van der Waals surface area contributed by atoms with Crippen molar-refractivity contribution in [3.05, 3.63) is 30.3 Å². The molecule has 0 fully saturated rings. The molecule has 0 heterocycles. The highest BCUT2D eigenvalue weighted by molar-refractivity contribution is 5.81. The first kappa shape index (κ1) is 13.5. The van der Waals surface area contributed by atoms with Crippen LogP contribution >= 0.6 is 0 Å². The van der Waals surface area contributed by atoms with Crippen molar-refractivity contribution in [2.45, 2.75) is 32.4 Å². The van der Waals surface area contributed by atoms with Crippen LogP contribution in [0, 0.1) is 0 Å². The number of hydrogen-bond acceptors (Lipinski definition) is 3. The average Bonchev–Trinajstić information content (AvgIpc) is 2.36. The number of carbonyl (C=O) groups is 1. The highest BCUT2D eigenvalue weighted by atomic mass is 16.5. The van der Waals surface area contributed by atoms with Gasteiger partial charge >= 0.3 is 0 Å². The van der Waals surface area contributed by atoms with Gasteiger partial charge in [-0.2, -0.15) is 0 Å². The van der Waals surface area contributed by atoms with E-state index >= 15 is 0 Å². The van der Waals surface area contributed by atoms with E-state index in [1.807, 2.05) is 37.3 Å². The quantitative estimate of drug-likeness (QED) is 0.785. The second-order valence-electron chi connectivity index (χ2n) is 3.92. The fraction of sp³-hybridized carbons (Fsp3) is 0.462. The van der Waals surface area contributed by atoms with Crippen molar-refractivity contribution in [3.63, 3.8) is 0 Å². The molecule has 0 spiro atoms. The minimum Gasteiger partial charge on any atom is -0.481 e. The van der Waals surface area contributed by atoms with Crippen LogP contribution in [-0.4, -0.2) is 29.8 Å². The molecule has 1 unspecified atom stereocenters. The predicted octanol–water partition coefficient (Wildman–Crippen LogP) is 1.34. The number of rotatable bonds is 6. The van der Waals surface area contributed by atoms with Gasteiger partial charge in [-0.1, -0.05) is 25.1 Å². The van der Waals surface area contributed by atoms with Gasteiger partial charge in [0.1, 0.15) is 5.75 Å². The highest BCUT2D eigenvalue weighted by Crippen LogP contribution is 2.12. The van der Waals surface area contributed by atoms with Crippen LogP contribution < -0.4 is 10.1 Å². The third kappa shape index (κ3) is 4.44. The fourth-order valence-electron chi connectivity index (χ4n) is 1.37. The zero-order valence-corrected chi connectivity index (χ0v) is 10.2. The van der Waals surface area contributed by atoms with Gasteiger partial charge in [0, 0.05) is 6.04 Å². The first-order valence-corrected chi connectivity index (χ1v) is 5.80. The Hall–Kier alpha value is -1.55. The van der Waals surface area contributed by atoms with Crippen molar-refractivity contribution in [2.24, 2.45) is 0 Å². The van der Waals surface area contributed by atoms with Gasteiger partial charge in [-0.05, 0) is 25.5 Å². The number of ether oxygens (including phenoxy) is 1. The maximum absolute atomic E-state index is 11.8. The number of aliphatic hydroxyl groups excluding tert-OH is 1. The summed E-state index contributed by atoms with van der Waals surface area (Å²) >= 11 is 0. The number of carbonyl (C=O) groups excluding carboxylic acids is 1. The van der Waals surface area contributed by atoms with Crippen LogP contribution in [0.5, 0.6) is 5.75 Å². The first-order chi connectivity index (χ1) is 8.17. The molecule has 0 saturated carbocycles. The molecule has 2 atom stereocenters. The zero-order valence-electron chi connectivity index (χ0n) is 10.2. The van der Waals surface area contributed by atoms with Crippen LogP contribution in [0.4, 0.5) is 0 Å². The molecule has 94 valence electrons. The summed E-state index contributed by atoms with van der Waals surface area (Å²) in [5, 5.41) is 11.6. The summed E-state index contributed by atoms with van der Waals surface area (Å²) in [6.07, 6.45) is 0.0604. The van der Waals surface area contributed by atoms with Crippen LogP contribution in [0.25, 0.3) is 0 Å². The molecule has 1 rings (SSSR count). The Bertz CT molecular complexity index is 340. The van der Waals surface area contributed by atoms with E-state index in [2.05, 4.69) is 5.32 Å². The van der Waals surface area contributed by atoms with Crippen molar-refractivity contribution in [1.29, 1.82) is 0 Å². The number of nitrogens with one attached hydrogen (secondary N) is 1. The Balaban J connectivity index is 2.56. The van der Waals surface area contributed by atoms with Gasteiger partial charge in [0.2, 0.25) is 0 Å². The Morgan fingerprint density at radius 2 is 2.06 bits per heavy atom. The van der Waals surface area contributed by atoms with E-state index in [9.17, 15) is 4.79 Å². The van der Waals surface area contributed by atoms with Crippen LogP contribution in [0.3, 0.4) is 0 Å². The Morgan fingerprint density at radius 3 is 2.59 bits per heavy atom. The van der Waals surface area contributed by atoms with Crippen LogP contribution in [0.1, 0.15) is 20.3 Å². The van der Waals surface area contributed by atoms with Crippen molar-refractivity contribution >= 4 is 5.91 Å². The topological polar surface area (TPSA) is 58.6 Å². The lowest BCUT2D eigenvalue weighted by Crippen LogP contribution is -2.43. The van der Waals surface area contributed by atoms with Crippen LogP contribution in [0.2, 0.25) is 0 Å². The second kappa shape index (κ2) is 6.91. The minimum atomic E-state index is -0.522. The fourth-order valence-corrected chi connectivity index (χ4v) is 1.37. The normalized spacial score (nSPS) is 13.8. The lowest BCUT2D eigenvalue weighted by Gasteiger charge is -2.19. The lowest BCUT2D eigenvalue weighted by atomic mass is 10.2. The van der Waals surface area contributed by atoms with E-state index < -0.39 is 6.10 Å². The molecule has 0 aromatic heterocycles. The molecule has 0 radical (unpaired) electrons. The van der Waals surface area contributed by atoms with E-state index in [-0.39, 0.29) is 18.6 Å². The Kier molecular flexibility index (Phi) is 5.49. The van der Waals surface area contributed by atoms with E-state index in [0.29, 0.717) is 12.2 Å². The Morgan fingerprint density at radius 1 is 1.41 bits per heavy atom. The van der Waals surface area contributed by atoms with Crippen molar-refractivity contribution in [3.8, 4) is 5.75 Å². The zero-order chi connectivity index (χ0) is 12.7. The SMILES string of the molecule is CCC(Oc1ccccc1)C(=O)N[C@H](C)CO. The lowest BCUT2D eigenvalue weighted by molar-refractivity contribution is -0.129. The van der Waals surface area contributed by atoms with Crippen LogP contribution in [-0.2, 0) is 4.79 Å². The summed E-state index contributed by atoms with van der Waals surface area (Å²) in [6, 6.07) is 8.97. The molecule has 4 nitrogen and oxygen atoms in total.